The van der Waals surface area contributed by atoms with E-state index in [2.05, 4.69) is 4.98 Å². The van der Waals surface area contributed by atoms with Gasteiger partial charge in [-0.2, -0.15) is 5.26 Å². The summed E-state index contributed by atoms with van der Waals surface area (Å²) in [7, 11) is 1.50. The van der Waals surface area contributed by atoms with Crippen LogP contribution >= 0.6 is 0 Å². The number of methoxy groups -OCH3 is 1. The molecule has 0 amide bonds. The molecule has 0 radical (unpaired) electrons. The average Bonchev–Trinajstić information content (AvgIpc) is 2.39. The predicted octanol–water partition coefficient (Wildman–Crippen LogP) is 2.77. The summed E-state index contributed by atoms with van der Waals surface area (Å²) in [6.45, 7) is 0. The maximum Gasteiger partial charge on any atom is 0.221 e. The molecule has 0 fully saturated rings. The molecule has 0 saturated heterocycles. The lowest BCUT2D eigenvalue weighted by atomic mass is 10.1. The van der Waals surface area contributed by atoms with Gasteiger partial charge in [-0.05, 0) is 23.8 Å². The van der Waals surface area contributed by atoms with Crippen molar-refractivity contribution in [3.05, 3.63) is 47.9 Å². The third-order valence-electron chi connectivity index (χ3n) is 2.33. The van der Waals surface area contributed by atoms with Crippen molar-refractivity contribution in [3.63, 3.8) is 0 Å². The van der Waals surface area contributed by atoms with Crippen molar-refractivity contribution in [2.24, 2.45) is 0 Å². The smallest absolute Gasteiger partial charge is 0.221 e. The van der Waals surface area contributed by atoms with Gasteiger partial charge in [-0.3, -0.25) is 0 Å². The number of nitrogens with zero attached hydrogens (tertiary/aromatic N) is 2. The molecule has 2 aromatic rings. The number of halogens is 1. The molecule has 0 spiro atoms. The van der Waals surface area contributed by atoms with Crippen LogP contribution in [0.1, 0.15) is 5.56 Å². The molecule has 4 heteroatoms. The first-order valence-electron chi connectivity index (χ1n) is 4.94. The third kappa shape index (κ3) is 2.23. The average molecular weight is 228 g/mol. The molecule has 1 heterocycles. The minimum Gasteiger partial charge on any atom is -0.481 e. The Kier molecular flexibility index (Phi) is 3.01. The largest absolute Gasteiger partial charge is 0.481 e. The van der Waals surface area contributed by atoms with Crippen LogP contribution in [0.15, 0.2) is 36.5 Å². The van der Waals surface area contributed by atoms with Crippen molar-refractivity contribution >= 4 is 0 Å². The van der Waals surface area contributed by atoms with Gasteiger partial charge in [0.15, 0.2) is 0 Å². The highest BCUT2D eigenvalue weighted by molar-refractivity contribution is 5.69. The minimum atomic E-state index is -0.308. The van der Waals surface area contributed by atoms with Crippen molar-refractivity contribution < 1.29 is 9.13 Å². The maximum absolute atomic E-state index is 12.8. The molecule has 17 heavy (non-hydrogen) atoms. The lowest BCUT2D eigenvalue weighted by Gasteiger charge is -2.07. The molecule has 84 valence electrons. The molecule has 0 aliphatic heterocycles. The highest BCUT2D eigenvalue weighted by Crippen LogP contribution is 2.28. The molecule has 1 aromatic carbocycles. The fourth-order valence-corrected chi connectivity index (χ4v) is 1.51. The highest BCUT2D eigenvalue weighted by Gasteiger charge is 2.08. The van der Waals surface area contributed by atoms with Crippen molar-refractivity contribution in [1.29, 1.82) is 5.26 Å². The first-order valence-corrected chi connectivity index (χ1v) is 4.94. The van der Waals surface area contributed by atoms with Crippen LogP contribution in [0.4, 0.5) is 4.39 Å². The van der Waals surface area contributed by atoms with Crippen LogP contribution in [0.2, 0.25) is 0 Å². The first-order chi connectivity index (χ1) is 8.24. The molecule has 0 bridgehead atoms. The summed E-state index contributed by atoms with van der Waals surface area (Å²) in [6.07, 6.45) is 1.44. The number of nitriles is 1. The van der Waals surface area contributed by atoms with Gasteiger partial charge in [0.05, 0.1) is 12.7 Å². The number of hydrogen-bond donors (Lipinski definition) is 0. The molecule has 0 saturated carbocycles. The molecule has 0 atom stereocenters. The first kappa shape index (κ1) is 11.1. The summed E-state index contributed by atoms with van der Waals surface area (Å²) >= 11 is 0. The monoisotopic (exact) mass is 228 g/mol. The van der Waals surface area contributed by atoms with E-state index >= 15 is 0 Å². The van der Waals surface area contributed by atoms with Crippen molar-refractivity contribution in [3.8, 4) is 23.1 Å². The number of pyridine rings is 1. The Balaban J connectivity index is 2.56. The van der Waals surface area contributed by atoms with Gasteiger partial charge in [0.1, 0.15) is 11.9 Å². The standard InChI is InChI=1S/C13H9FN2O/c1-17-13-12(6-9(7-15)8-16-13)10-2-4-11(14)5-3-10/h2-6,8H,1H3. The third-order valence-corrected chi connectivity index (χ3v) is 2.33. The Morgan fingerprint density at radius 3 is 2.59 bits per heavy atom. The zero-order chi connectivity index (χ0) is 12.3. The van der Waals surface area contributed by atoms with E-state index in [-0.39, 0.29) is 5.82 Å². The van der Waals surface area contributed by atoms with Gasteiger partial charge in [-0.25, -0.2) is 9.37 Å². The van der Waals surface area contributed by atoms with E-state index < -0.39 is 0 Å². The SMILES string of the molecule is COc1ncc(C#N)cc1-c1ccc(F)cc1. The molecular formula is C13H9FN2O. The second-order valence-electron chi connectivity index (χ2n) is 3.40. The number of ether oxygens (including phenoxy) is 1. The lowest BCUT2D eigenvalue weighted by molar-refractivity contribution is 0.399. The number of hydrogen-bond acceptors (Lipinski definition) is 3. The van der Waals surface area contributed by atoms with Crippen LogP contribution in [0.3, 0.4) is 0 Å². The van der Waals surface area contributed by atoms with E-state index in [9.17, 15) is 4.39 Å². The van der Waals surface area contributed by atoms with Gasteiger partial charge in [-0.15, -0.1) is 0 Å². The Hall–Kier alpha value is -2.41. The fourth-order valence-electron chi connectivity index (χ4n) is 1.51. The summed E-state index contributed by atoms with van der Waals surface area (Å²) in [5.41, 5.74) is 1.87. The highest BCUT2D eigenvalue weighted by atomic mass is 19.1. The molecule has 0 aliphatic rings. The second kappa shape index (κ2) is 4.62. The Bertz CT molecular complexity index is 573. The normalized spacial score (nSPS) is 9.71. The molecule has 1 aromatic heterocycles. The zero-order valence-corrected chi connectivity index (χ0v) is 9.14. The van der Waals surface area contributed by atoms with Gasteiger partial charge in [0.25, 0.3) is 0 Å². The summed E-state index contributed by atoms with van der Waals surface area (Å²) in [5, 5.41) is 8.83. The van der Waals surface area contributed by atoms with Gasteiger partial charge >= 0.3 is 0 Å². The number of rotatable bonds is 2. The van der Waals surface area contributed by atoms with Gasteiger partial charge in [-0.1, -0.05) is 12.1 Å². The van der Waals surface area contributed by atoms with E-state index in [1.807, 2.05) is 6.07 Å². The molecule has 0 N–H and O–H groups in total. The number of benzene rings is 1. The Morgan fingerprint density at radius 1 is 1.29 bits per heavy atom. The summed E-state index contributed by atoms with van der Waals surface area (Å²) in [6, 6.07) is 9.63. The maximum atomic E-state index is 12.8. The quantitative estimate of drug-likeness (QED) is 0.793. The van der Waals surface area contributed by atoms with Crippen molar-refractivity contribution in [2.45, 2.75) is 0 Å². The summed E-state index contributed by atoms with van der Waals surface area (Å²) in [4.78, 5) is 4.03. The van der Waals surface area contributed by atoms with Crippen LogP contribution in [0.25, 0.3) is 11.1 Å². The second-order valence-corrected chi connectivity index (χ2v) is 3.40. The van der Waals surface area contributed by atoms with E-state index in [0.717, 1.165) is 5.56 Å². The molecule has 2 rings (SSSR count). The zero-order valence-electron chi connectivity index (χ0n) is 9.14. The molecular weight excluding hydrogens is 219 g/mol. The molecule has 3 nitrogen and oxygen atoms in total. The Morgan fingerprint density at radius 2 is 2.00 bits per heavy atom. The molecule has 0 unspecified atom stereocenters. The van der Waals surface area contributed by atoms with Gasteiger partial charge in [0, 0.05) is 11.8 Å². The van der Waals surface area contributed by atoms with E-state index in [0.29, 0.717) is 17.0 Å². The molecule has 0 aliphatic carbocycles. The minimum absolute atomic E-state index is 0.308. The summed E-state index contributed by atoms with van der Waals surface area (Å²) < 4.78 is 17.9. The van der Waals surface area contributed by atoms with Crippen LogP contribution in [0.5, 0.6) is 5.88 Å². The van der Waals surface area contributed by atoms with E-state index in [1.165, 1.54) is 25.4 Å². The summed E-state index contributed by atoms with van der Waals surface area (Å²) in [5.74, 6) is 0.104. The fraction of sp³-hybridized carbons (Fsp3) is 0.0769. The van der Waals surface area contributed by atoms with Crippen molar-refractivity contribution in [2.75, 3.05) is 7.11 Å². The van der Waals surface area contributed by atoms with Crippen LogP contribution in [0, 0.1) is 17.1 Å². The predicted molar refractivity (Wildman–Crippen MR) is 60.9 cm³/mol. The van der Waals surface area contributed by atoms with Crippen LogP contribution in [-0.4, -0.2) is 12.1 Å². The van der Waals surface area contributed by atoms with Gasteiger partial charge in [0.2, 0.25) is 5.88 Å². The Labute approximate surface area is 98.1 Å². The van der Waals surface area contributed by atoms with Gasteiger partial charge < -0.3 is 4.74 Å². The topological polar surface area (TPSA) is 45.9 Å². The van der Waals surface area contributed by atoms with E-state index in [1.54, 1.807) is 18.2 Å². The van der Waals surface area contributed by atoms with Crippen LogP contribution in [-0.2, 0) is 0 Å². The van der Waals surface area contributed by atoms with Crippen molar-refractivity contribution in [1.82, 2.24) is 4.98 Å². The number of aromatic nitrogens is 1. The van der Waals surface area contributed by atoms with Crippen LogP contribution < -0.4 is 4.74 Å². The lowest BCUT2D eigenvalue weighted by Crippen LogP contribution is -1.93. The van der Waals surface area contributed by atoms with E-state index in [4.69, 9.17) is 10.00 Å².